The zero-order chi connectivity index (χ0) is 17.0. The first kappa shape index (κ1) is 17.8. The first-order chi connectivity index (χ1) is 11.0. The lowest BCUT2D eigenvalue weighted by Gasteiger charge is -2.10. The maximum Gasteiger partial charge on any atom is 0.326 e. The number of thioether (sulfide) groups is 1. The Hall–Kier alpha value is -1.55. The average Bonchev–Trinajstić information content (AvgIpc) is 2.75. The van der Waals surface area contributed by atoms with Crippen LogP contribution in [-0.4, -0.2) is 42.3 Å². The number of hydrogen-bond acceptors (Lipinski definition) is 6. The normalized spacial score (nSPS) is 16.1. The van der Waals surface area contributed by atoms with Crippen molar-refractivity contribution >= 4 is 57.5 Å². The van der Waals surface area contributed by atoms with Crippen molar-refractivity contribution in [1.29, 1.82) is 0 Å². The number of imide groups is 1. The summed E-state index contributed by atoms with van der Waals surface area (Å²) >= 11 is 2.94. The number of esters is 1. The van der Waals surface area contributed by atoms with E-state index in [9.17, 15) is 14.4 Å². The lowest BCUT2D eigenvalue weighted by Crippen LogP contribution is -2.34. The third-order valence-electron chi connectivity index (χ3n) is 2.94. The molecule has 1 aliphatic heterocycles. The van der Waals surface area contributed by atoms with Gasteiger partial charge in [-0.05, 0) is 65.0 Å². The average molecular weight is 447 g/mol. The van der Waals surface area contributed by atoms with E-state index in [1.54, 1.807) is 32.2 Å². The van der Waals surface area contributed by atoms with Crippen molar-refractivity contribution in [2.45, 2.75) is 6.92 Å². The van der Waals surface area contributed by atoms with E-state index in [-0.39, 0.29) is 18.1 Å². The maximum absolute atomic E-state index is 12.2. The van der Waals surface area contributed by atoms with Gasteiger partial charge in [-0.3, -0.25) is 19.3 Å². The number of rotatable bonds is 5. The van der Waals surface area contributed by atoms with Crippen LogP contribution >= 0.6 is 34.4 Å². The Bertz CT molecular complexity index is 688. The first-order valence-corrected chi connectivity index (χ1v) is 8.60. The van der Waals surface area contributed by atoms with Crippen molar-refractivity contribution in [3.63, 3.8) is 0 Å². The van der Waals surface area contributed by atoms with Crippen molar-refractivity contribution in [2.24, 2.45) is 0 Å². The van der Waals surface area contributed by atoms with Crippen molar-refractivity contribution in [1.82, 2.24) is 4.90 Å². The summed E-state index contributed by atoms with van der Waals surface area (Å²) in [5.41, 5.74) is 0.775. The third-order valence-corrected chi connectivity index (χ3v) is 4.69. The predicted molar refractivity (Wildman–Crippen MR) is 95.0 cm³/mol. The van der Waals surface area contributed by atoms with E-state index in [0.29, 0.717) is 0 Å². The molecule has 0 spiro atoms. The molecule has 0 saturated carbocycles. The lowest BCUT2D eigenvalue weighted by atomic mass is 10.2. The Balaban J connectivity index is 2.18. The van der Waals surface area contributed by atoms with Gasteiger partial charge in [0.05, 0.1) is 22.2 Å². The second-order valence-electron chi connectivity index (χ2n) is 4.47. The van der Waals surface area contributed by atoms with Crippen molar-refractivity contribution in [3.8, 4) is 5.75 Å². The number of halogens is 1. The van der Waals surface area contributed by atoms with Crippen LogP contribution in [0, 0.1) is 3.57 Å². The molecule has 0 N–H and O–H groups in total. The molecule has 1 fully saturated rings. The van der Waals surface area contributed by atoms with Crippen molar-refractivity contribution < 1.29 is 23.9 Å². The molecule has 1 saturated heterocycles. The van der Waals surface area contributed by atoms with E-state index in [4.69, 9.17) is 9.47 Å². The summed E-state index contributed by atoms with van der Waals surface area (Å²) in [6, 6.07) is 5.43. The highest BCUT2D eigenvalue weighted by atomic mass is 127. The van der Waals surface area contributed by atoms with Gasteiger partial charge < -0.3 is 9.47 Å². The number of hydrogen-bond donors (Lipinski definition) is 0. The minimum atomic E-state index is -0.602. The lowest BCUT2D eigenvalue weighted by molar-refractivity contribution is -0.145. The molecule has 1 aromatic rings. The molecule has 8 heteroatoms. The van der Waals surface area contributed by atoms with E-state index in [1.807, 2.05) is 6.07 Å². The van der Waals surface area contributed by atoms with Crippen LogP contribution in [0.1, 0.15) is 12.5 Å². The Kier molecular flexibility index (Phi) is 6.05. The molecular weight excluding hydrogens is 433 g/mol. The second kappa shape index (κ2) is 7.82. The zero-order valence-corrected chi connectivity index (χ0v) is 15.5. The standard InChI is InChI=1S/C15H14INO5S/c1-3-22-13(18)8-17-14(19)12(23-15(17)20)7-9-4-5-11(21-2)10(16)6-9/h4-7H,3,8H2,1-2H3. The summed E-state index contributed by atoms with van der Waals surface area (Å²) < 4.78 is 10.8. The number of nitrogens with zero attached hydrogens (tertiary/aromatic N) is 1. The summed E-state index contributed by atoms with van der Waals surface area (Å²) in [4.78, 5) is 36.8. The van der Waals surface area contributed by atoms with Gasteiger partial charge in [-0.25, -0.2) is 0 Å². The summed E-state index contributed by atoms with van der Waals surface area (Å²) in [7, 11) is 1.58. The van der Waals surface area contributed by atoms with Gasteiger partial charge in [-0.15, -0.1) is 0 Å². The van der Waals surface area contributed by atoms with E-state index < -0.39 is 17.1 Å². The first-order valence-electron chi connectivity index (χ1n) is 6.70. The van der Waals surface area contributed by atoms with Gasteiger partial charge in [0.25, 0.3) is 11.1 Å². The minimum Gasteiger partial charge on any atom is -0.496 e. The number of amides is 2. The van der Waals surface area contributed by atoms with Gasteiger partial charge in [0, 0.05) is 0 Å². The van der Waals surface area contributed by atoms with Gasteiger partial charge in [0.2, 0.25) is 0 Å². The van der Waals surface area contributed by atoms with Crippen molar-refractivity contribution in [3.05, 3.63) is 32.2 Å². The number of carbonyl (C=O) groups is 3. The highest BCUT2D eigenvalue weighted by Crippen LogP contribution is 2.33. The molecule has 0 radical (unpaired) electrons. The van der Waals surface area contributed by atoms with Crippen LogP contribution < -0.4 is 4.74 Å². The van der Waals surface area contributed by atoms with Crippen LogP contribution in [0.15, 0.2) is 23.1 Å². The van der Waals surface area contributed by atoms with Crippen LogP contribution in [0.5, 0.6) is 5.75 Å². The van der Waals surface area contributed by atoms with Gasteiger partial charge in [0.15, 0.2) is 0 Å². The predicted octanol–water partition coefficient (Wildman–Crippen LogP) is 2.90. The van der Waals surface area contributed by atoms with Crippen LogP contribution in [0.4, 0.5) is 4.79 Å². The molecule has 2 rings (SSSR count). The number of methoxy groups -OCH3 is 1. The minimum absolute atomic E-state index is 0.204. The van der Waals surface area contributed by atoms with Gasteiger partial charge in [-0.2, -0.15) is 0 Å². The van der Waals surface area contributed by atoms with Crippen LogP contribution in [-0.2, 0) is 14.3 Å². The molecule has 1 heterocycles. The molecule has 1 aliphatic rings. The fourth-order valence-corrected chi connectivity index (χ4v) is 3.49. The summed E-state index contributed by atoms with van der Waals surface area (Å²) in [6.45, 7) is 1.50. The van der Waals surface area contributed by atoms with E-state index in [1.165, 1.54) is 0 Å². The Morgan fingerprint density at radius 3 is 2.74 bits per heavy atom. The SMILES string of the molecule is CCOC(=O)CN1C(=O)SC(=Cc2ccc(OC)c(I)c2)C1=O. The fraction of sp³-hybridized carbons (Fsp3) is 0.267. The molecule has 0 bridgehead atoms. The number of ether oxygens (including phenoxy) is 2. The quantitative estimate of drug-likeness (QED) is 0.393. The number of carbonyl (C=O) groups excluding carboxylic acids is 3. The fourth-order valence-electron chi connectivity index (χ4n) is 1.90. The molecule has 0 atom stereocenters. The summed E-state index contributed by atoms with van der Waals surface area (Å²) in [5, 5.41) is -0.475. The van der Waals surface area contributed by atoms with Crippen LogP contribution in [0.25, 0.3) is 6.08 Å². The zero-order valence-electron chi connectivity index (χ0n) is 12.5. The highest BCUT2D eigenvalue weighted by Gasteiger charge is 2.36. The third kappa shape index (κ3) is 4.25. The molecule has 0 unspecified atom stereocenters. The number of benzene rings is 1. The van der Waals surface area contributed by atoms with E-state index in [2.05, 4.69) is 22.6 Å². The second-order valence-corrected chi connectivity index (χ2v) is 6.62. The molecule has 2 amide bonds. The maximum atomic E-state index is 12.2. The highest BCUT2D eigenvalue weighted by molar-refractivity contribution is 14.1. The monoisotopic (exact) mass is 447 g/mol. The van der Waals surface area contributed by atoms with Crippen LogP contribution in [0.3, 0.4) is 0 Å². The summed E-state index contributed by atoms with van der Waals surface area (Å²) in [5.74, 6) is -0.355. The molecule has 0 aliphatic carbocycles. The topological polar surface area (TPSA) is 72.9 Å². The Labute approximate surface area is 151 Å². The van der Waals surface area contributed by atoms with E-state index >= 15 is 0 Å². The Morgan fingerprint density at radius 1 is 1.39 bits per heavy atom. The molecule has 0 aromatic heterocycles. The molecule has 1 aromatic carbocycles. The van der Waals surface area contributed by atoms with Crippen molar-refractivity contribution in [2.75, 3.05) is 20.3 Å². The van der Waals surface area contributed by atoms with E-state index in [0.717, 1.165) is 31.5 Å². The molecule has 122 valence electrons. The Morgan fingerprint density at radius 2 is 2.13 bits per heavy atom. The molecule has 6 nitrogen and oxygen atoms in total. The van der Waals surface area contributed by atoms with Gasteiger partial charge in [-0.1, -0.05) is 6.07 Å². The molecule has 23 heavy (non-hydrogen) atoms. The largest absolute Gasteiger partial charge is 0.496 e. The van der Waals surface area contributed by atoms with Crippen LogP contribution in [0.2, 0.25) is 0 Å². The smallest absolute Gasteiger partial charge is 0.326 e. The molecular formula is C15H14INO5S. The van der Waals surface area contributed by atoms with Gasteiger partial charge >= 0.3 is 5.97 Å². The summed E-state index contributed by atoms with van der Waals surface area (Å²) in [6.07, 6.45) is 1.62. The van der Waals surface area contributed by atoms with Gasteiger partial charge in [0.1, 0.15) is 12.3 Å².